The molecule has 0 spiro atoms. The summed E-state index contributed by atoms with van der Waals surface area (Å²) in [5.74, 6) is 1.04. The average Bonchev–Trinajstić information content (AvgIpc) is 2.37. The molecule has 0 fully saturated rings. The van der Waals surface area contributed by atoms with Crippen LogP contribution in [-0.4, -0.2) is 20.8 Å². The maximum absolute atomic E-state index is 12.2. The molecular weight excluding hydrogens is 282 g/mol. The van der Waals surface area contributed by atoms with Gasteiger partial charge < -0.3 is 0 Å². The topological polar surface area (TPSA) is 46.2 Å². The number of nitrogens with one attached hydrogen (secondary N) is 1. The predicted octanol–water partition coefficient (Wildman–Crippen LogP) is 3.24. The molecule has 0 radical (unpaired) electrons. The summed E-state index contributed by atoms with van der Waals surface area (Å²) in [7, 11) is -3.40. The molecule has 1 unspecified atom stereocenters. The molecule has 1 rings (SSSR count). The molecule has 108 valence electrons. The Balaban J connectivity index is 2.64. The lowest BCUT2D eigenvalue weighted by Gasteiger charge is -2.11. The van der Waals surface area contributed by atoms with Gasteiger partial charge in [-0.05, 0) is 49.8 Å². The number of halogens is 1. The number of sulfonamides is 1. The van der Waals surface area contributed by atoms with E-state index in [1.807, 2.05) is 26.0 Å². The molecule has 0 bridgehead atoms. The molecule has 1 N–H and O–H groups in total. The Morgan fingerprint density at radius 2 is 2.00 bits per heavy atom. The zero-order valence-electron chi connectivity index (χ0n) is 11.7. The summed E-state index contributed by atoms with van der Waals surface area (Å²) in [5.41, 5.74) is 1.72. The van der Waals surface area contributed by atoms with Crippen LogP contribution < -0.4 is 4.72 Å². The molecule has 0 aliphatic heterocycles. The van der Waals surface area contributed by atoms with Crippen molar-refractivity contribution in [1.82, 2.24) is 4.72 Å². The first-order chi connectivity index (χ1) is 8.86. The molecule has 0 saturated heterocycles. The lowest BCUT2D eigenvalue weighted by atomic mass is 10.1. The second kappa shape index (κ2) is 7.27. The van der Waals surface area contributed by atoms with E-state index in [2.05, 4.69) is 11.6 Å². The highest BCUT2D eigenvalue weighted by molar-refractivity contribution is 7.89. The fourth-order valence-electron chi connectivity index (χ4n) is 1.81. The first-order valence-electron chi connectivity index (χ1n) is 6.49. The van der Waals surface area contributed by atoms with Gasteiger partial charge in [-0.3, -0.25) is 0 Å². The summed E-state index contributed by atoms with van der Waals surface area (Å²) < 4.78 is 27.0. The third kappa shape index (κ3) is 5.13. The van der Waals surface area contributed by atoms with E-state index in [9.17, 15) is 8.42 Å². The third-order valence-electron chi connectivity index (χ3n) is 3.06. The predicted molar refractivity (Wildman–Crippen MR) is 80.2 cm³/mol. The number of hydrogen-bond donors (Lipinski definition) is 1. The molecule has 5 heteroatoms. The number of hydrogen-bond acceptors (Lipinski definition) is 2. The molecule has 0 aliphatic rings. The van der Waals surface area contributed by atoms with Crippen LogP contribution in [0, 0.1) is 19.8 Å². The molecule has 1 aromatic carbocycles. The first kappa shape index (κ1) is 16.5. The Hall–Kier alpha value is -0.580. The first-order valence-corrected chi connectivity index (χ1v) is 8.51. The summed E-state index contributed by atoms with van der Waals surface area (Å²) in [6.07, 6.45) is 1.73. The highest BCUT2D eigenvalue weighted by Gasteiger charge is 2.16. The van der Waals surface area contributed by atoms with Crippen molar-refractivity contribution in [2.45, 2.75) is 38.5 Å². The normalized spacial score (nSPS) is 13.5. The highest BCUT2D eigenvalue weighted by atomic mass is 35.5. The zero-order chi connectivity index (χ0) is 14.5. The van der Waals surface area contributed by atoms with E-state index in [-0.39, 0.29) is 0 Å². The largest absolute Gasteiger partial charge is 0.240 e. The molecule has 1 atom stereocenters. The van der Waals surface area contributed by atoms with Crippen molar-refractivity contribution in [3.63, 3.8) is 0 Å². The molecule has 0 aliphatic carbocycles. The van der Waals surface area contributed by atoms with Crippen LogP contribution in [0.1, 0.15) is 30.9 Å². The van der Waals surface area contributed by atoms with Gasteiger partial charge in [0, 0.05) is 12.4 Å². The molecule has 0 heterocycles. The van der Waals surface area contributed by atoms with Crippen LogP contribution >= 0.6 is 11.6 Å². The summed E-state index contributed by atoms with van der Waals surface area (Å²) in [4.78, 5) is 0.373. The number of aryl methyl sites for hydroxylation is 2. The van der Waals surface area contributed by atoms with E-state index < -0.39 is 10.0 Å². The van der Waals surface area contributed by atoms with Crippen LogP contribution in [0.2, 0.25) is 0 Å². The Morgan fingerprint density at radius 3 is 2.63 bits per heavy atom. The molecular formula is C14H22ClNO2S. The second-order valence-corrected chi connectivity index (χ2v) is 7.11. The Bertz CT molecular complexity index is 514. The van der Waals surface area contributed by atoms with E-state index in [1.54, 1.807) is 6.07 Å². The minimum absolute atomic E-state index is 0.373. The summed E-state index contributed by atoms with van der Waals surface area (Å²) in [6, 6.07) is 5.45. The minimum atomic E-state index is -3.40. The van der Waals surface area contributed by atoms with E-state index in [4.69, 9.17) is 11.6 Å². The van der Waals surface area contributed by atoms with Crippen molar-refractivity contribution in [2.24, 2.45) is 5.92 Å². The summed E-state index contributed by atoms with van der Waals surface area (Å²) >= 11 is 5.72. The Kier molecular flexibility index (Phi) is 6.30. The van der Waals surface area contributed by atoms with Gasteiger partial charge in [-0.25, -0.2) is 13.1 Å². The Morgan fingerprint density at radius 1 is 1.32 bits per heavy atom. The molecule has 19 heavy (non-hydrogen) atoms. The van der Waals surface area contributed by atoms with Gasteiger partial charge in [-0.1, -0.05) is 19.1 Å². The fourth-order valence-corrected chi connectivity index (χ4v) is 3.36. The highest BCUT2D eigenvalue weighted by Crippen LogP contribution is 2.16. The van der Waals surface area contributed by atoms with Crippen LogP contribution in [-0.2, 0) is 10.0 Å². The molecule has 1 aromatic rings. The van der Waals surface area contributed by atoms with Crippen molar-refractivity contribution in [2.75, 3.05) is 12.4 Å². The van der Waals surface area contributed by atoms with Gasteiger partial charge in [0.15, 0.2) is 0 Å². The monoisotopic (exact) mass is 303 g/mol. The van der Waals surface area contributed by atoms with Crippen LogP contribution in [0.15, 0.2) is 23.1 Å². The summed E-state index contributed by atoms with van der Waals surface area (Å²) in [5, 5.41) is 0. The van der Waals surface area contributed by atoms with Crippen LogP contribution in [0.3, 0.4) is 0 Å². The van der Waals surface area contributed by atoms with Gasteiger partial charge in [0.1, 0.15) is 0 Å². The quantitative estimate of drug-likeness (QED) is 0.621. The number of rotatable bonds is 7. The molecule has 3 nitrogen and oxygen atoms in total. The average molecular weight is 304 g/mol. The van der Waals surface area contributed by atoms with E-state index >= 15 is 0 Å². The van der Waals surface area contributed by atoms with E-state index in [1.165, 1.54) is 0 Å². The third-order valence-corrected chi connectivity index (χ3v) is 5.19. The summed E-state index contributed by atoms with van der Waals surface area (Å²) in [6.45, 7) is 6.22. The SMILES string of the molecule is Cc1ccc(C)c(S(=O)(=O)NCCCC(C)CCl)c1. The van der Waals surface area contributed by atoms with Gasteiger partial charge in [0.25, 0.3) is 0 Å². The van der Waals surface area contributed by atoms with Crippen molar-refractivity contribution >= 4 is 21.6 Å². The fraction of sp³-hybridized carbons (Fsp3) is 0.571. The Labute approximate surface area is 121 Å². The van der Waals surface area contributed by atoms with Gasteiger partial charge in [-0.2, -0.15) is 0 Å². The minimum Gasteiger partial charge on any atom is -0.211 e. The molecule has 0 aromatic heterocycles. The van der Waals surface area contributed by atoms with Crippen molar-refractivity contribution < 1.29 is 8.42 Å². The van der Waals surface area contributed by atoms with Crippen LogP contribution in [0.25, 0.3) is 0 Å². The second-order valence-electron chi connectivity index (χ2n) is 5.07. The molecule has 0 saturated carbocycles. The standard InChI is InChI=1S/C14H22ClNO2S/c1-11-6-7-13(3)14(9-11)19(17,18)16-8-4-5-12(2)10-15/h6-7,9,12,16H,4-5,8,10H2,1-3H3. The lowest BCUT2D eigenvalue weighted by Crippen LogP contribution is -2.26. The van der Waals surface area contributed by atoms with E-state index in [0.29, 0.717) is 23.2 Å². The molecule has 0 amide bonds. The van der Waals surface area contributed by atoms with Gasteiger partial charge >= 0.3 is 0 Å². The number of alkyl halides is 1. The van der Waals surface area contributed by atoms with Gasteiger partial charge in [0.05, 0.1) is 4.90 Å². The van der Waals surface area contributed by atoms with Crippen LogP contribution in [0.4, 0.5) is 0 Å². The smallest absolute Gasteiger partial charge is 0.211 e. The van der Waals surface area contributed by atoms with Gasteiger partial charge in [0.2, 0.25) is 10.0 Å². The van der Waals surface area contributed by atoms with Crippen LogP contribution in [0.5, 0.6) is 0 Å². The maximum Gasteiger partial charge on any atom is 0.240 e. The zero-order valence-corrected chi connectivity index (χ0v) is 13.3. The number of benzene rings is 1. The van der Waals surface area contributed by atoms with Crippen molar-refractivity contribution in [1.29, 1.82) is 0 Å². The van der Waals surface area contributed by atoms with Gasteiger partial charge in [-0.15, -0.1) is 11.6 Å². The van der Waals surface area contributed by atoms with Crippen molar-refractivity contribution in [3.8, 4) is 0 Å². The van der Waals surface area contributed by atoms with E-state index in [0.717, 1.165) is 24.0 Å². The van der Waals surface area contributed by atoms with Crippen molar-refractivity contribution in [3.05, 3.63) is 29.3 Å². The maximum atomic E-state index is 12.2. The lowest BCUT2D eigenvalue weighted by molar-refractivity contribution is 0.543.